The van der Waals surface area contributed by atoms with E-state index in [4.69, 9.17) is 20.9 Å². The number of aromatic nitrogens is 2. The largest absolute Gasteiger partial charge is 0.497 e. The van der Waals surface area contributed by atoms with Crippen LogP contribution in [0.25, 0.3) is 0 Å². The van der Waals surface area contributed by atoms with Gasteiger partial charge in [0.2, 0.25) is 0 Å². The molecular weight excluding hydrogens is 382 g/mol. The number of anilines is 1. The van der Waals surface area contributed by atoms with Crippen molar-refractivity contribution >= 4 is 11.7 Å². The van der Waals surface area contributed by atoms with E-state index in [0.717, 1.165) is 19.5 Å². The molecule has 8 heteroatoms. The lowest BCUT2D eigenvalue weighted by atomic mass is 10.1. The van der Waals surface area contributed by atoms with Gasteiger partial charge in [-0.2, -0.15) is 5.10 Å². The number of nitrogen functional groups attached to an aromatic ring is 1. The second-order valence-electron chi connectivity index (χ2n) is 6.87. The zero-order valence-corrected chi connectivity index (χ0v) is 17.4. The van der Waals surface area contributed by atoms with Gasteiger partial charge in [0.05, 0.1) is 26.8 Å². The topological polar surface area (TPSA) is 109 Å². The van der Waals surface area contributed by atoms with Crippen LogP contribution in [0.4, 0.5) is 5.82 Å². The molecule has 1 aliphatic heterocycles. The third-order valence-corrected chi connectivity index (χ3v) is 4.94. The molecule has 0 unspecified atom stereocenters. The minimum absolute atomic E-state index is 0.0363. The maximum atomic E-state index is 12.0. The van der Waals surface area contributed by atoms with Crippen LogP contribution in [0.1, 0.15) is 41.0 Å². The molecule has 1 aliphatic rings. The fraction of sp³-hybridized carbons (Fsp3) is 0.364. The molecule has 0 spiro atoms. The number of nitrogens with two attached hydrogens (primary N) is 2. The first-order valence-corrected chi connectivity index (χ1v) is 9.51. The van der Waals surface area contributed by atoms with Crippen LogP contribution < -0.4 is 20.9 Å². The lowest BCUT2D eigenvalue weighted by Gasteiger charge is -2.14. The Morgan fingerprint density at radius 3 is 2.53 bits per heavy atom. The number of benzene rings is 1. The molecule has 1 saturated heterocycles. The Labute approximate surface area is 176 Å². The standard InChI is InChI=1S/C22H25N5O3/c1-4-5-9-26-10-8-16(14-26)27-21(23)20(22(24)28)19(25-27)7-6-15-11-17(29-2)13-18(12-15)30-3/h11-13,16H,8-10,14,23H2,1-3H3,(H2,24,28)/t16-/m0/s1. The average molecular weight is 407 g/mol. The molecule has 4 N–H and O–H groups in total. The number of rotatable bonds is 5. The Kier molecular flexibility index (Phi) is 6.51. The highest BCUT2D eigenvalue weighted by Crippen LogP contribution is 2.27. The highest BCUT2D eigenvalue weighted by molar-refractivity contribution is 5.99. The molecular formula is C22H25N5O3. The van der Waals surface area contributed by atoms with E-state index in [2.05, 4.69) is 33.7 Å². The summed E-state index contributed by atoms with van der Waals surface area (Å²) in [6.45, 7) is 4.15. The Bertz CT molecular complexity index is 1050. The molecule has 1 atom stereocenters. The fourth-order valence-corrected chi connectivity index (χ4v) is 3.41. The van der Waals surface area contributed by atoms with E-state index in [9.17, 15) is 4.79 Å². The summed E-state index contributed by atoms with van der Waals surface area (Å²) < 4.78 is 12.2. The Morgan fingerprint density at radius 1 is 1.23 bits per heavy atom. The first-order valence-electron chi connectivity index (χ1n) is 9.51. The molecule has 1 aromatic carbocycles. The van der Waals surface area contributed by atoms with Crippen molar-refractivity contribution < 1.29 is 14.3 Å². The predicted octanol–water partition coefficient (Wildman–Crippen LogP) is 1.25. The molecule has 1 fully saturated rings. The molecule has 8 nitrogen and oxygen atoms in total. The van der Waals surface area contributed by atoms with Crippen molar-refractivity contribution in [3.8, 4) is 35.2 Å². The smallest absolute Gasteiger partial charge is 0.255 e. The van der Waals surface area contributed by atoms with Crippen LogP contribution in [-0.4, -0.2) is 54.4 Å². The number of amides is 1. The summed E-state index contributed by atoms with van der Waals surface area (Å²) in [6.07, 6.45) is 0.857. The van der Waals surface area contributed by atoms with Gasteiger partial charge < -0.3 is 20.9 Å². The number of primary amides is 1. The highest BCUT2D eigenvalue weighted by atomic mass is 16.5. The van der Waals surface area contributed by atoms with E-state index in [0.29, 0.717) is 23.6 Å². The molecule has 1 amide bonds. The van der Waals surface area contributed by atoms with Crippen molar-refractivity contribution in [2.24, 2.45) is 5.73 Å². The highest BCUT2D eigenvalue weighted by Gasteiger charge is 2.29. The first kappa shape index (κ1) is 21.1. The van der Waals surface area contributed by atoms with Crippen LogP contribution >= 0.6 is 0 Å². The van der Waals surface area contributed by atoms with E-state index in [1.54, 1.807) is 37.1 Å². The molecule has 0 saturated carbocycles. The van der Waals surface area contributed by atoms with Gasteiger partial charge in [-0.3, -0.25) is 9.69 Å². The van der Waals surface area contributed by atoms with Crippen molar-refractivity contribution in [1.29, 1.82) is 0 Å². The van der Waals surface area contributed by atoms with Gasteiger partial charge in [0, 0.05) is 24.7 Å². The van der Waals surface area contributed by atoms with Crippen molar-refractivity contribution in [3.05, 3.63) is 35.0 Å². The number of nitrogens with zero attached hydrogens (tertiary/aromatic N) is 3. The zero-order chi connectivity index (χ0) is 21.7. The lowest BCUT2D eigenvalue weighted by molar-refractivity contribution is 0.100. The summed E-state index contributed by atoms with van der Waals surface area (Å²) >= 11 is 0. The van der Waals surface area contributed by atoms with E-state index >= 15 is 0 Å². The molecule has 3 rings (SSSR count). The number of methoxy groups -OCH3 is 2. The maximum Gasteiger partial charge on any atom is 0.255 e. The van der Waals surface area contributed by atoms with Gasteiger partial charge in [0.15, 0.2) is 5.69 Å². The SMILES string of the molecule is CC#CCN1CC[C@H](n2nc(C#Cc3cc(OC)cc(OC)c3)c(C(N)=O)c2N)C1. The Morgan fingerprint density at radius 2 is 1.93 bits per heavy atom. The minimum atomic E-state index is -0.655. The molecule has 2 aromatic rings. The molecule has 2 heterocycles. The van der Waals surface area contributed by atoms with Gasteiger partial charge in [-0.15, -0.1) is 5.92 Å². The Balaban J connectivity index is 1.93. The summed E-state index contributed by atoms with van der Waals surface area (Å²) in [4.78, 5) is 14.3. The van der Waals surface area contributed by atoms with E-state index in [1.807, 2.05) is 6.92 Å². The van der Waals surface area contributed by atoms with Crippen LogP contribution in [0, 0.1) is 23.7 Å². The first-order chi connectivity index (χ1) is 14.5. The van der Waals surface area contributed by atoms with Crippen LogP contribution in [0.5, 0.6) is 11.5 Å². The second-order valence-corrected chi connectivity index (χ2v) is 6.87. The van der Waals surface area contributed by atoms with Gasteiger partial charge in [-0.05, 0) is 31.4 Å². The molecule has 1 aromatic heterocycles. The average Bonchev–Trinajstić information content (AvgIpc) is 3.34. The van der Waals surface area contributed by atoms with Crippen molar-refractivity contribution in [1.82, 2.24) is 14.7 Å². The zero-order valence-electron chi connectivity index (χ0n) is 17.4. The fourth-order valence-electron chi connectivity index (χ4n) is 3.41. The third-order valence-electron chi connectivity index (χ3n) is 4.94. The van der Waals surface area contributed by atoms with E-state index < -0.39 is 5.91 Å². The van der Waals surface area contributed by atoms with Gasteiger partial charge in [0.25, 0.3) is 5.91 Å². The number of carbonyl (C=O) groups is 1. The molecule has 0 bridgehead atoms. The Hall–Kier alpha value is -3.62. The van der Waals surface area contributed by atoms with Gasteiger partial charge in [-0.25, -0.2) is 4.68 Å². The maximum absolute atomic E-state index is 12.0. The number of hydrogen-bond acceptors (Lipinski definition) is 6. The summed E-state index contributed by atoms with van der Waals surface area (Å²) in [5, 5.41) is 4.52. The summed E-state index contributed by atoms with van der Waals surface area (Å²) in [6, 6.07) is 5.32. The van der Waals surface area contributed by atoms with Gasteiger partial charge >= 0.3 is 0 Å². The minimum Gasteiger partial charge on any atom is -0.497 e. The molecule has 0 radical (unpaired) electrons. The van der Waals surface area contributed by atoms with Crippen LogP contribution in [0.15, 0.2) is 18.2 Å². The van der Waals surface area contributed by atoms with Crippen LogP contribution in [0.3, 0.4) is 0 Å². The van der Waals surface area contributed by atoms with Crippen LogP contribution in [-0.2, 0) is 0 Å². The molecule has 30 heavy (non-hydrogen) atoms. The third kappa shape index (κ3) is 4.51. The molecule has 0 aliphatic carbocycles. The van der Waals surface area contributed by atoms with Crippen molar-refractivity contribution in [2.75, 3.05) is 39.6 Å². The number of hydrogen-bond donors (Lipinski definition) is 2. The van der Waals surface area contributed by atoms with E-state index in [1.165, 1.54) is 0 Å². The summed E-state index contributed by atoms with van der Waals surface area (Å²) in [7, 11) is 3.13. The van der Waals surface area contributed by atoms with Crippen molar-refractivity contribution in [2.45, 2.75) is 19.4 Å². The number of likely N-dealkylation sites (tertiary alicyclic amines) is 1. The number of carbonyl (C=O) groups excluding carboxylic acids is 1. The monoisotopic (exact) mass is 407 g/mol. The summed E-state index contributed by atoms with van der Waals surface area (Å²) in [5.41, 5.74) is 12.9. The second kappa shape index (κ2) is 9.25. The molecule has 156 valence electrons. The van der Waals surface area contributed by atoms with E-state index in [-0.39, 0.29) is 23.1 Å². The predicted molar refractivity (Wildman–Crippen MR) is 114 cm³/mol. The normalized spacial score (nSPS) is 15.6. The quantitative estimate of drug-likeness (QED) is 0.722. The van der Waals surface area contributed by atoms with Crippen molar-refractivity contribution in [3.63, 3.8) is 0 Å². The number of ether oxygens (including phenoxy) is 2. The summed E-state index contributed by atoms with van der Waals surface area (Å²) in [5.74, 6) is 12.7. The van der Waals surface area contributed by atoms with Crippen LogP contribution in [0.2, 0.25) is 0 Å². The van der Waals surface area contributed by atoms with Gasteiger partial charge in [-0.1, -0.05) is 11.8 Å². The van der Waals surface area contributed by atoms with Gasteiger partial charge in [0.1, 0.15) is 22.9 Å². The lowest BCUT2D eigenvalue weighted by Crippen LogP contribution is -2.23.